The minimum absolute atomic E-state index is 0.0395. The molecule has 0 heterocycles. The highest BCUT2D eigenvalue weighted by Gasteiger charge is 2.30. The largest absolute Gasteiger partial charge is 0.352 e. The molecule has 2 amide bonds. The smallest absolute Gasteiger partial charge is 0.244 e. The van der Waals surface area contributed by atoms with Gasteiger partial charge in [-0.1, -0.05) is 54.0 Å². The molecule has 7 nitrogen and oxygen atoms in total. The molecule has 1 N–H and O–H groups in total. The van der Waals surface area contributed by atoms with Crippen LogP contribution in [0.25, 0.3) is 0 Å². The van der Waals surface area contributed by atoms with E-state index in [2.05, 4.69) is 21.2 Å². The molecule has 0 fully saturated rings. The van der Waals surface area contributed by atoms with Gasteiger partial charge in [-0.25, -0.2) is 8.42 Å². The summed E-state index contributed by atoms with van der Waals surface area (Å²) in [6.07, 6.45) is 2.65. The first-order valence-electron chi connectivity index (χ1n) is 11.4. The van der Waals surface area contributed by atoms with Gasteiger partial charge in [-0.05, 0) is 62.1 Å². The Labute approximate surface area is 211 Å². The van der Waals surface area contributed by atoms with E-state index in [0.29, 0.717) is 5.69 Å². The standard InChI is InChI=1S/C25H34BrN3O4S/c1-6-18(3)27-25(31)19(4)28(16-21-9-8-10-22(26)15-21)24(30)17-29(34(5,32)33)23-13-11-20(7-2)12-14-23/h8-15,18-19H,6-7,16-17H2,1-5H3,(H,27,31). The maximum atomic E-state index is 13.5. The second-order valence-corrected chi connectivity index (χ2v) is 11.3. The van der Waals surface area contributed by atoms with Gasteiger partial charge in [0.1, 0.15) is 12.6 Å². The number of sulfonamides is 1. The number of rotatable bonds is 11. The molecule has 186 valence electrons. The fourth-order valence-corrected chi connectivity index (χ4v) is 4.69. The maximum Gasteiger partial charge on any atom is 0.244 e. The molecule has 0 bridgehead atoms. The third kappa shape index (κ3) is 7.84. The number of halogens is 1. The number of benzene rings is 2. The van der Waals surface area contributed by atoms with Crippen LogP contribution in [0.3, 0.4) is 0 Å². The van der Waals surface area contributed by atoms with E-state index < -0.39 is 28.5 Å². The van der Waals surface area contributed by atoms with Crippen LogP contribution in [0.2, 0.25) is 0 Å². The molecule has 0 spiro atoms. The maximum absolute atomic E-state index is 13.5. The molecular formula is C25H34BrN3O4S. The van der Waals surface area contributed by atoms with Crippen molar-refractivity contribution in [2.75, 3.05) is 17.1 Å². The lowest BCUT2D eigenvalue weighted by Crippen LogP contribution is -2.52. The summed E-state index contributed by atoms with van der Waals surface area (Å²) in [7, 11) is -3.74. The Morgan fingerprint density at radius 1 is 1.03 bits per heavy atom. The quantitative estimate of drug-likeness (QED) is 0.455. The lowest BCUT2D eigenvalue weighted by atomic mass is 10.1. The van der Waals surface area contributed by atoms with Crippen molar-refractivity contribution in [3.63, 3.8) is 0 Å². The Kier molecular flexibility index (Phi) is 10.1. The molecule has 2 unspecified atom stereocenters. The van der Waals surface area contributed by atoms with Crippen LogP contribution >= 0.6 is 15.9 Å². The molecule has 0 aliphatic heterocycles. The first kappa shape index (κ1) is 27.9. The van der Waals surface area contributed by atoms with E-state index in [4.69, 9.17) is 0 Å². The van der Waals surface area contributed by atoms with E-state index in [1.807, 2.05) is 57.2 Å². The van der Waals surface area contributed by atoms with Crippen LogP contribution in [0.4, 0.5) is 5.69 Å². The predicted molar refractivity (Wildman–Crippen MR) is 140 cm³/mol. The number of anilines is 1. The van der Waals surface area contributed by atoms with E-state index in [9.17, 15) is 18.0 Å². The van der Waals surface area contributed by atoms with Gasteiger partial charge in [0.25, 0.3) is 0 Å². The minimum Gasteiger partial charge on any atom is -0.352 e. The number of carbonyl (C=O) groups excluding carboxylic acids is 2. The Balaban J connectivity index is 2.37. The average molecular weight is 553 g/mol. The minimum atomic E-state index is -3.74. The average Bonchev–Trinajstić information content (AvgIpc) is 2.79. The van der Waals surface area contributed by atoms with Crippen LogP contribution in [-0.4, -0.2) is 50.0 Å². The normalized spacial score (nSPS) is 13.1. The van der Waals surface area contributed by atoms with Gasteiger partial charge in [0.15, 0.2) is 0 Å². The molecule has 0 saturated heterocycles. The van der Waals surface area contributed by atoms with Crippen molar-refractivity contribution in [3.05, 3.63) is 64.1 Å². The van der Waals surface area contributed by atoms with Crippen molar-refractivity contribution in [2.45, 2.75) is 59.2 Å². The molecule has 2 aromatic carbocycles. The fourth-order valence-electron chi connectivity index (χ4n) is 3.39. The SMILES string of the molecule is CCc1ccc(N(CC(=O)N(Cc2cccc(Br)c2)C(C)C(=O)NC(C)CC)S(C)(=O)=O)cc1. The van der Waals surface area contributed by atoms with Gasteiger partial charge in [-0.2, -0.15) is 0 Å². The van der Waals surface area contributed by atoms with Crippen LogP contribution in [0.5, 0.6) is 0 Å². The lowest BCUT2D eigenvalue weighted by molar-refractivity contribution is -0.139. The monoisotopic (exact) mass is 551 g/mol. The first-order chi connectivity index (χ1) is 16.0. The Morgan fingerprint density at radius 2 is 1.68 bits per heavy atom. The molecule has 34 heavy (non-hydrogen) atoms. The van der Waals surface area contributed by atoms with Crippen molar-refractivity contribution in [1.29, 1.82) is 0 Å². The van der Waals surface area contributed by atoms with Gasteiger partial charge in [-0.3, -0.25) is 13.9 Å². The summed E-state index contributed by atoms with van der Waals surface area (Å²) < 4.78 is 27.1. The zero-order valence-corrected chi connectivity index (χ0v) is 22.8. The van der Waals surface area contributed by atoms with Crippen molar-refractivity contribution in [1.82, 2.24) is 10.2 Å². The summed E-state index contributed by atoms with van der Waals surface area (Å²) in [6, 6.07) is 13.7. The van der Waals surface area contributed by atoms with Crippen LogP contribution in [0, 0.1) is 0 Å². The van der Waals surface area contributed by atoms with Gasteiger partial charge in [0, 0.05) is 17.1 Å². The van der Waals surface area contributed by atoms with Crippen LogP contribution in [0.1, 0.15) is 45.2 Å². The lowest BCUT2D eigenvalue weighted by Gasteiger charge is -2.32. The van der Waals surface area contributed by atoms with Gasteiger partial charge >= 0.3 is 0 Å². The highest BCUT2D eigenvalue weighted by atomic mass is 79.9. The molecule has 0 aliphatic rings. The zero-order chi connectivity index (χ0) is 25.5. The highest BCUT2D eigenvalue weighted by molar-refractivity contribution is 9.10. The number of nitrogens with zero attached hydrogens (tertiary/aromatic N) is 2. The predicted octanol–water partition coefficient (Wildman–Crippen LogP) is 4.11. The third-order valence-corrected chi connectivity index (χ3v) is 7.36. The summed E-state index contributed by atoms with van der Waals surface area (Å²) in [4.78, 5) is 27.8. The Morgan fingerprint density at radius 3 is 2.21 bits per heavy atom. The van der Waals surface area contributed by atoms with E-state index in [0.717, 1.165) is 39.0 Å². The van der Waals surface area contributed by atoms with E-state index >= 15 is 0 Å². The van der Waals surface area contributed by atoms with E-state index in [1.54, 1.807) is 19.1 Å². The number of hydrogen-bond donors (Lipinski definition) is 1. The van der Waals surface area contributed by atoms with E-state index in [1.165, 1.54) is 4.90 Å². The molecule has 2 atom stereocenters. The molecule has 2 aromatic rings. The number of hydrogen-bond acceptors (Lipinski definition) is 4. The summed E-state index contributed by atoms with van der Waals surface area (Å²) in [5, 5.41) is 2.92. The van der Waals surface area contributed by atoms with Crippen LogP contribution < -0.4 is 9.62 Å². The summed E-state index contributed by atoms with van der Waals surface area (Å²) >= 11 is 3.44. The highest BCUT2D eigenvalue weighted by Crippen LogP contribution is 2.21. The van der Waals surface area contributed by atoms with Gasteiger partial charge < -0.3 is 10.2 Å². The number of amides is 2. The number of carbonyl (C=O) groups is 2. The van der Waals surface area contributed by atoms with Gasteiger partial charge in [0.05, 0.1) is 11.9 Å². The molecule has 0 radical (unpaired) electrons. The van der Waals surface area contributed by atoms with Crippen LogP contribution in [0.15, 0.2) is 53.0 Å². The molecule has 2 rings (SSSR count). The summed E-state index contributed by atoms with van der Waals surface area (Å²) in [5.41, 5.74) is 2.30. The van der Waals surface area contributed by atoms with Crippen molar-refractivity contribution in [3.8, 4) is 0 Å². The Hall–Kier alpha value is -2.39. The van der Waals surface area contributed by atoms with Gasteiger partial charge in [0.2, 0.25) is 21.8 Å². The number of nitrogens with one attached hydrogen (secondary N) is 1. The van der Waals surface area contributed by atoms with E-state index in [-0.39, 0.29) is 18.5 Å². The molecule has 0 aliphatic carbocycles. The van der Waals surface area contributed by atoms with Crippen LogP contribution in [-0.2, 0) is 32.6 Å². The zero-order valence-electron chi connectivity index (χ0n) is 20.4. The molecule has 0 aromatic heterocycles. The fraction of sp³-hybridized carbons (Fsp3) is 0.440. The second-order valence-electron chi connectivity index (χ2n) is 8.44. The topological polar surface area (TPSA) is 86.8 Å². The molecule has 9 heteroatoms. The van der Waals surface area contributed by atoms with Crippen molar-refractivity contribution in [2.24, 2.45) is 0 Å². The van der Waals surface area contributed by atoms with Crippen molar-refractivity contribution < 1.29 is 18.0 Å². The third-order valence-electron chi connectivity index (χ3n) is 5.72. The number of aryl methyl sites for hydroxylation is 1. The second kappa shape index (κ2) is 12.4. The molecular weight excluding hydrogens is 518 g/mol. The summed E-state index contributed by atoms with van der Waals surface area (Å²) in [6.45, 7) is 7.30. The summed E-state index contributed by atoms with van der Waals surface area (Å²) in [5.74, 6) is -0.743. The Bertz CT molecular complexity index is 1090. The van der Waals surface area contributed by atoms with Gasteiger partial charge in [-0.15, -0.1) is 0 Å². The molecule has 0 saturated carbocycles. The first-order valence-corrected chi connectivity index (χ1v) is 14.0. The van der Waals surface area contributed by atoms with Crippen molar-refractivity contribution >= 4 is 43.5 Å².